The van der Waals surface area contributed by atoms with Crippen LogP contribution < -0.4 is 5.11 Å². The highest BCUT2D eigenvalue weighted by Crippen LogP contribution is 2.01. The van der Waals surface area contributed by atoms with Gasteiger partial charge >= 0.3 is 0 Å². The first kappa shape index (κ1) is 17.7. The van der Waals surface area contributed by atoms with Crippen LogP contribution in [0.25, 0.3) is 0 Å². The van der Waals surface area contributed by atoms with Crippen LogP contribution in [-0.4, -0.2) is 5.97 Å². The minimum absolute atomic E-state index is 0.156. The molecule has 0 atom stereocenters. The monoisotopic (exact) mass is 263 g/mol. The average molecular weight is 263 g/mol. The van der Waals surface area contributed by atoms with Crippen LogP contribution >= 0.6 is 0 Å². The lowest BCUT2D eigenvalue weighted by Gasteiger charge is -1.97. The third-order valence-electron chi connectivity index (χ3n) is 2.77. The van der Waals surface area contributed by atoms with Gasteiger partial charge in [-0.2, -0.15) is 0 Å². The number of allylic oxidation sites excluding steroid dienone is 6. The van der Waals surface area contributed by atoms with Crippen LogP contribution in [0.4, 0.5) is 0 Å². The molecule has 19 heavy (non-hydrogen) atoms. The summed E-state index contributed by atoms with van der Waals surface area (Å²) >= 11 is 0. The molecule has 0 N–H and O–H groups in total. The van der Waals surface area contributed by atoms with E-state index in [2.05, 4.69) is 37.3 Å². The fourth-order valence-electron chi connectivity index (χ4n) is 1.65. The van der Waals surface area contributed by atoms with E-state index in [1.54, 1.807) is 0 Å². The molecule has 0 bridgehead atoms. The van der Waals surface area contributed by atoms with Gasteiger partial charge in [0.2, 0.25) is 0 Å². The van der Waals surface area contributed by atoms with E-state index in [0.29, 0.717) is 6.42 Å². The van der Waals surface area contributed by atoms with Crippen molar-refractivity contribution in [3.05, 3.63) is 36.5 Å². The Bertz CT molecular complexity index is 288. The summed E-state index contributed by atoms with van der Waals surface area (Å²) in [5.41, 5.74) is 0. The van der Waals surface area contributed by atoms with Gasteiger partial charge in [-0.05, 0) is 44.9 Å². The molecule has 0 fully saturated rings. The Balaban J connectivity index is 3.33. The standard InChI is InChI=1S/C17H28O2/c1-2-3-4-5-6-7-8-9-10-11-12-13-14-15-16-17(18)19/h6-7,9-10,12-13H,2-5,8,11,14-16H2,1H3,(H,18,19)/p-1. The van der Waals surface area contributed by atoms with Gasteiger partial charge < -0.3 is 9.90 Å². The first-order valence-electron chi connectivity index (χ1n) is 7.42. The Labute approximate surface area is 117 Å². The van der Waals surface area contributed by atoms with Crippen molar-refractivity contribution in [3.8, 4) is 0 Å². The zero-order valence-corrected chi connectivity index (χ0v) is 12.1. The van der Waals surface area contributed by atoms with Crippen molar-refractivity contribution in [2.24, 2.45) is 0 Å². The summed E-state index contributed by atoms with van der Waals surface area (Å²) in [7, 11) is 0. The van der Waals surface area contributed by atoms with Gasteiger partial charge in [-0.3, -0.25) is 0 Å². The first-order valence-corrected chi connectivity index (χ1v) is 7.42. The highest BCUT2D eigenvalue weighted by molar-refractivity contribution is 5.64. The van der Waals surface area contributed by atoms with Gasteiger partial charge in [0.15, 0.2) is 0 Å². The first-order chi connectivity index (χ1) is 9.27. The Morgan fingerprint density at radius 2 is 1.37 bits per heavy atom. The molecule has 0 rings (SSSR count). The topological polar surface area (TPSA) is 40.1 Å². The Kier molecular flexibility index (Phi) is 13.7. The zero-order chi connectivity index (χ0) is 14.2. The number of hydrogen-bond acceptors (Lipinski definition) is 2. The number of carboxylic acids is 1. The highest BCUT2D eigenvalue weighted by atomic mass is 16.4. The molecule has 0 aliphatic rings. The van der Waals surface area contributed by atoms with E-state index in [9.17, 15) is 9.90 Å². The van der Waals surface area contributed by atoms with Crippen molar-refractivity contribution >= 4 is 5.97 Å². The van der Waals surface area contributed by atoms with Crippen LogP contribution in [0.3, 0.4) is 0 Å². The van der Waals surface area contributed by atoms with Gasteiger partial charge in [-0.25, -0.2) is 0 Å². The SMILES string of the molecule is CCCCCC=CCC=CCC=CCCCC(=O)[O-]. The van der Waals surface area contributed by atoms with Gasteiger partial charge in [0.05, 0.1) is 0 Å². The summed E-state index contributed by atoms with van der Waals surface area (Å²) in [6.07, 6.45) is 21.6. The molecule has 0 aliphatic heterocycles. The normalized spacial score (nSPS) is 12.1. The molecule has 0 saturated carbocycles. The maximum Gasteiger partial charge on any atom is 0.0414 e. The van der Waals surface area contributed by atoms with E-state index < -0.39 is 5.97 Å². The van der Waals surface area contributed by atoms with Crippen LogP contribution in [0.1, 0.15) is 64.7 Å². The fraction of sp³-hybridized carbons (Fsp3) is 0.588. The molecule has 0 spiro atoms. The van der Waals surface area contributed by atoms with Crippen LogP contribution in [0.15, 0.2) is 36.5 Å². The summed E-state index contributed by atoms with van der Waals surface area (Å²) in [6, 6.07) is 0. The fourth-order valence-corrected chi connectivity index (χ4v) is 1.65. The van der Waals surface area contributed by atoms with E-state index in [-0.39, 0.29) is 6.42 Å². The summed E-state index contributed by atoms with van der Waals surface area (Å²) in [5, 5.41) is 10.2. The van der Waals surface area contributed by atoms with Gasteiger partial charge in [-0.1, -0.05) is 56.2 Å². The third kappa shape index (κ3) is 16.7. The van der Waals surface area contributed by atoms with Gasteiger partial charge in [0.25, 0.3) is 0 Å². The molecule has 0 aliphatic carbocycles. The Hall–Kier alpha value is -1.31. The van der Waals surface area contributed by atoms with E-state index in [0.717, 1.165) is 19.3 Å². The minimum Gasteiger partial charge on any atom is -0.550 e. The highest BCUT2D eigenvalue weighted by Gasteiger charge is 1.84. The van der Waals surface area contributed by atoms with Gasteiger partial charge in [-0.15, -0.1) is 0 Å². The molecule has 0 heterocycles. The molecule has 0 saturated heterocycles. The van der Waals surface area contributed by atoms with Crippen molar-refractivity contribution in [2.45, 2.75) is 64.7 Å². The van der Waals surface area contributed by atoms with Crippen LogP contribution in [-0.2, 0) is 4.79 Å². The quantitative estimate of drug-likeness (QED) is 0.395. The summed E-state index contributed by atoms with van der Waals surface area (Å²) in [6.45, 7) is 2.22. The number of unbranched alkanes of at least 4 members (excludes halogenated alkanes) is 4. The maximum absolute atomic E-state index is 10.2. The van der Waals surface area contributed by atoms with E-state index in [1.165, 1.54) is 25.7 Å². The predicted octanol–water partition coefficient (Wildman–Crippen LogP) is 3.94. The van der Waals surface area contributed by atoms with Crippen molar-refractivity contribution in [1.82, 2.24) is 0 Å². The molecule has 0 unspecified atom stereocenters. The molecular weight excluding hydrogens is 236 g/mol. The molecule has 0 radical (unpaired) electrons. The summed E-state index contributed by atoms with van der Waals surface area (Å²) < 4.78 is 0. The molecular formula is C17H27O2-. The van der Waals surface area contributed by atoms with Crippen molar-refractivity contribution < 1.29 is 9.90 Å². The largest absolute Gasteiger partial charge is 0.550 e. The maximum atomic E-state index is 10.2. The smallest absolute Gasteiger partial charge is 0.0414 e. The molecule has 0 aromatic rings. The third-order valence-corrected chi connectivity index (χ3v) is 2.77. The molecule has 2 nitrogen and oxygen atoms in total. The second kappa shape index (κ2) is 14.7. The second-order valence-corrected chi connectivity index (χ2v) is 4.65. The Morgan fingerprint density at radius 3 is 1.89 bits per heavy atom. The number of rotatable bonds is 12. The molecule has 0 aromatic carbocycles. The van der Waals surface area contributed by atoms with Crippen LogP contribution in [0, 0.1) is 0 Å². The minimum atomic E-state index is -0.959. The number of aliphatic carboxylic acids is 1. The number of carbonyl (C=O) groups is 1. The Morgan fingerprint density at radius 1 is 0.842 bits per heavy atom. The number of carbonyl (C=O) groups excluding carboxylic acids is 1. The molecule has 0 amide bonds. The predicted molar refractivity (Wildman–Crippen MR) is 79.7 cm³/mol. The lowest BCUT2D eigenvalue weighted by Crippen LogP contribution is -2.21. The number of carboxylic acid groups (broad SMARTS) is 1. The van der Waals surface area contributed by atoms with Crippen molar-refractivity contribution in [3.63, 3.8) is 0 Å². The lowest BCUT2D eigenvalue weighted by atomic mass is 10.2. The van der Waals surface area contributed by atoms with E-state index in [4.69, 9.17) is 0 Å². The molecule has 0 aromatic heterocycles. The van der Waals surface area contributed by atoms with Gasteiger partial charge in [0.1, 0.15) is 0 Å². The second-order valence-electron chi connectivity index (χ2n) is 4.65. The van der Waals surface area contributed by atoms with Crippen LogP contribution in [0.2, 0.25) is 0 Å². The van der Waals surface area contributed by atoms with Crippen LogP contribution in [0.5, 0.6) is 0 Å². The van der Waals surface area contributed by atoms with E-state index >= 15 is 0 Å². The van der Waals surface area contributed by atoms with Crippen molar-refractivity contribution in [2.75, 3.05) is 0 Å². The lowest BCUT2D eigenvalue weighted by molar-refractivity contribution is -0.305. The average Bonchev–Trinajstić information content (AvgIpc) is 2.39. The number of hydrogen-bond donors (Lipinski definition) is 0. The van der Waals surface area contributed by atoms with Gasteiger partial charge in [0, 0.05) is 5.97 Å². The van der Waals surface area contributed by atoms with Crippen molar-refractivity contribution in [1.29, 1.82) is 0 Å². The summed E-state index contributed by atoms with van der Waals surface area (Å²) in [5.74, 6) is -0.959. The zero-order valence-electron chi connectivity index (χ0n) is 12.1. The molecule has 2 heteroatoms. The molecule has 108 valence electrons. The van der Waals surface area contributed by atoms with E-state index in [1.807, 2.05) is 6.08 Å². The summed E-state index contributed by atoms with van der Waals surface area (Å²) in [4.78, 5) is 10.2.